The van der Waals surface area contributed by atoms with Gasteiger partial charge in [-0.2, -0.15) is 0 Å². The SMILES string of the molecule is CC12CCC(O)C(C)(C(=O)O)C1CCc1cc3c(cc12)c1ccccc1n3-n1c2ccccc2c2cc3c(cc21)CCC1C3(C)CCC(O)C12OC2=O. The van der Waals surface area contributed by atoms with Crippen LogP contribution in [0.5, 0.6) is 0 Å². The van der Waals surface area contributed by atoms with Crippen molar-refractivity contribution in [3.8, 4) is 0 Å². The molecule has 53 heavy (non-hydrogen) atoms. The lowest BCUT2D eigenvalue weighted by Gasteiger charge is -2.55. The Morgan fingerprint density at radius 2 is 1.13 bits per heavy atom. The molecule has 4 aliphatic carbocycles. The zero-order chi connectivity index (χ0) is 36.4. The normalized spacial score (nSPS) is 34.5. The number of hydrogen-bond acceptors (Lipinski definition) is 5. The summed E-state index contributed by atoms with van der Waals surface area (Å²) in [6, 6.07) is 26.7. The average Bonchev–Trinajstić information content (AvgIpc) is 3.58. The summed E-state index contributed by atoms with van der Waals surface area (Å²) >= 11 is 0. The number of benzene rings is 4. The third-order valence-corrected chi connectivity index (χ3v) is 15.4. The van der Waals surface area contributed by atoms with Gasteiger partial charge in [-0.1, -0.05) is 50.2 Å². The number of aliphatic hydroxyl groups excluding tert-OH is 2. The number of aryl methyl sites for hydroxylation is 2. The maximum Gasteiger partial charge on any atom is 0.354 e. The molecule has 8 nitrogen and oxygen atoms in total. The fourth-order valence-corrected chi connectivity index (χ4v) is 12.6. The second-order valence-electron chi connectivity index (χ2n) is 17.6. The summed E-state index contributed by atoms with van der Waals surface area (Å²) in [7, 11) is 0. The number of fused-ring (bicyclic) bond motifs is 13. The van der Waals surface area contributed by atoms with Crippen LogP contribution in [0.25, 0.3) is 43.6 Å². The highest BCUT2D eigenvalue weighted by atomic mass is 16.7. The first kappa shape index (κ1) is 31.8. The van der Waals surface area contributed by atoms with Gasteiger partial charge in [0.1, 0.15) is 6.10 Å². The molecule has 0 bridgehead atoms. The zero-order valence-corrected chi connectivity index (χ0v) is 30.4. The number of carbonyl (C=O) groups is 2. The van der Waals surface area contributed by atoms with E-state index in [4.69, 9.17) is 4.74 Å². The number of para-hydroxylation sites is 2. The third kappa shape index (κ3) is 3.69. The van der Waals surface area contributed by atoms with E-state index >= 15 is 0 Å². The minimum atomic E-state index is -1.20. The number of aliphatic hydroxyl groups is 2. The molecule has 8 heteroatoms. The Labute approximate surface area is 306 Å². The zero-order valence-electron chi connectivity index (χ0n) is 30.4. The van der Waals surface area contributed by atoms with E-state index in [1.54, 1.807) is 6.92 Å². The largest absolute Gasteiger partial charge is 0.481 e. The average molecular weight is 709 g/mol. The highest BCUT2D eigenvalue weighted by Crippen LogP contribution is 2.61. The topological polar surface area (TPSA) is 117 Å². The van der Waals surface area contributed by atoms with Gasteiger partial charge in [0.25, 0.3) is 0 Å². The van der Waals surface area contributed by atoms with Gasteiger partial charge in [0.2, 0.25) is 5.60 Å². The van der Waals surface area contributed by atoms with Crippen molar-refractivity contribution in [1.29, 1.82) is 0 Å². The van der Waals surface area contributed by atoms with Crippen LogP contribution in [0.15, 0.2) is 72.8 Å². The Hall–Kier alpha value is -4.66. The first-order valence-corrected chi connectivity index (χ1v) is 19.4. The van der Waals surface area contributed by atoms with Crippen LogP contribution in [-0.4, -0.2) is 54.4 Å². The van der Waals surface area contributed by atoms with Crippen molar-refractivity contribution in [2.45, 2.75) is 101 Å². The predicted octanol–water partition coefficient (Wildman–Crippen LogP) is 7.55. The monoisotopic (exact) mass is 708 g/mol. The summed E-state index contributed by atoms with van der Waals surface area (Å²) in [6.45, 7) is 6.26. The molecule has 3 fully saturated rings. The lowest BCUT2D eigenvalue weighted by atomic mass is 9.49. The molecule has 1 spiro atoms. The van der Waals surface area contributed by atoms with Crippen molar-refractivity contribution in [2.24, 2.45) is 17.3 Å². The Bertz CT molecular complexity index is 2640. The van der Waals surface area contributed by atoms with Gasteiger partial charge in [-0.05, 0) is 128 Å². The molecular weight excluding hydrogens is 665 g/mol. The van der Waals surface area contributed by atoms with E-state index in [1.165, 1.54) is 22.3 Å². The molecule has 1 saturated heterocycles. The van der Waals surface area contributed by atoms with Gasteiger partial charge in [-0.25, -0.2) is 14.1 Å². The highest BCUT2D eigenvalue weighted by molar-refractivity contribution is 6.12. The number of nitrogens with zero attached hydrogens (tertiary/aromatic N) is 2. The van der Waals surface area contributed by atoms with E-state index in [9.17, 15) is 24.9 Å². The van der Waals surface area contributed by atoms with Crippen molar-refractivity contribution in [3.05, 3.63) is 95.1 Å². The van der Waals surface area contributed by atoms with E-state index in [0.29, 0.717) is 19.3 Å². The van der Waals surface area contributed by atoms with Gasteiger partial charge in [-0.3, -0.25) is 4.79 Å². The number of carboxylic acid groups (broad SMARTS) is 1. The van der Waals surface area contributed by atoms with Gasteiger partial charge < -0.3 is 20.1 Å². The van der Waals surface area contributed by atoms with E-state index in [-0.39, 0.29) is 28.6 Å². The molecular formula is C45H44N2O6. The molecule has 5 aliphatic rings. The van der Waals surface area contributed by atoms with Gasteiger partial charge in [0.15, 0.2) is 0 Å². The van der Waals surface area contributed by atoms with Gasteiger partial charge in [0, 0.05) is 32.9 Å². The maximum atomic E-state index is 12.8. The fourth-order valence-electron chi connectivity index (χ4n) is 12.6. The molecule has 8 atom stereocenters. The number of ether oxygens (including phenoxy) is 1. The number of carbonyl (C=O) groups excluding carboxylic acids is 1. The van der Waals surface area contributed by atoms with Gasteiger partial charge in [-0.15, -0.1) is 0 Å². The van der Waals surface area contributed by atoms with Crippen LogP contribution in [0.1, 0.15) is 81.5 Å². The van der Waals surface area contributed by atoms with E-state index < -0.39 is 29.2 Å². The van der Waals surface area contributed by atoms with Crippen molar-refractivity contribution in [2.75, 3.05) is 0 Å². The lowest BCUT2D eigenvalue weighted by molar-refractivity contribution is -0.171. The molecule has 3 N–H and O–H groups in total. The maximum absolute atomic E-state index is 12.8. The first-order valence-electron chi connectivity index (χ1n) is 19.4. The Kier molecular flexibility index (Phi) is 6.06. The van der Waals surface area contributed by atoms with E-state index in [2.05, 4.69) is 96.0 Å². The quantitative estimate of drug-likeness (QED) is 0.160. The molecule has 1 aliphatic heterocycles. The number of hydrogen-bond donors (Lipinski definition) is 3. The van der Waals surface area contributed by atoms with E-state index in [0.717, 1.165) is 75.7 Å². The molecule has 0 amide bonds. The van der Waals surface area contributed by atoms with Crippen molar-refractivity contribution < 1.29 is 29.6 Å². The van der Waals surface area contributed by atoms with Crippen molar-refractivity contribution in [1.82, 2.24) is 9.35 Å². The highest BCUT2D eigenvalue weighted by Gasteiger charge is 2.74. The molecule has 8 unspecified atom stereocenters. The molecule has 0 radical (unpaired) electrons. The molecule has 4 aromatic carbocycles. The molecule has 11 rings (SSSR count). The van der Waals surface area contributed by atoms with Crippen LogP contribution < -0.4 is 0 Å². The number of rotatable bonds is 2. The smallest absolute Gasteiger partial charge is 0.354 e. The molecule has 3 heterocycles. The van der Waals surface area contributed by atoms with Crippen LogP contribution in [0, 0.1) is 17.3 Å². The standard InChI is InChI=1S/C45H44N2O6/c1-42-18-16-38(48)44(3,40(50)51)36(42)14-12-24-20-34-28(22-30(24)42)26-8-4-6-10-32(26)46(34)47-33-11-7-5-9-27(33)29-23-31-25(21-35(29)47)13-15-37-43(31,2)19-17-39(49)45(37)41(52)53-45/h4-11,20-23,36-39,48-49H,12-19H2,1-3H3,(H,50,51). The predicted molar refractivity (Wildman–Crippen MR) is 203 cm³/mol. The van der Waals surface area contributed by atoms with Crippen LogP contribution >= 0.6 is 0 Å². The van der Waals surface area contributed by atoms with Crippen molar-refractivity contribution >= 4 is 55.6 Å². The molecule has 270 valence electrons. The van der Waals surface area contributed by atoms with Gasteiger partial charge in [0.05, 0.1) is 33.6 Å². The summed E-state index contributed by atoms with van der Waals surface area (Å²) in [5.41, 5.74) is 6.55. The Balaban J connectivity index is 1.15. The van der Waals surface area contributed by atoms with Crippen molar-refractivity contribution in [3.63, 3.8) is 0 Å². The van der Waals surface area contributed by atoms with Crippen LogP contribution in [0.4, 0.5) is 0 Å². The summed E-state index contributed by atoms with van der Waals surface area (Å²) in [5, 5.41) is 37.1. The Morgan fingerprint density at radius 3 is 1.64 bits per heavy atom. The molecule has 2 saturated carbocycles. The Morgan fingerprint density at radius 1 is 0.660 bits per heavy atom. The van der Waals surface area contributed by atoms with Crippen LogP contribution in [-0.2, 0) is 38.0 Å². The minimum Gasteiger partial charge on any atom is -0.481 e. The van der Waals surface area contributed by atoms with Crippen LogP contribution in [0.3, 0.4) is 0 Å². The first-order chi connectivity index (χ1) is 25.4. The number of carboxylic acids is 1. The summed E-state index contributed by atoms with van der Waals surface area (Å²) < 4.78 is 10.4. The molecule has 6 aromatic rings. The fraction of sp³-hybridized carbons (Fsp3) is 0.422. The molecule has 2 aromatic heterocycles. The second-order valence-corrected chi connectivity index (χ2v) is 17.6. The lowest BCUT2D eigenvalue weighted by Crippen LogP contribution is -2.58. The third-order valence-electron chi connectivity index (χ3n) is 15.4. The minimum absolute atomic E-state index is 0.0599. The van der Waals surface area contributed by atoms with Crippen LogP contribution in [0.2, 0.25) is 0 Å². The number of epoxide rings is 1. The summed E-state index contributed by atoms with van der Waals surface area (Å²) in [4.78, 5) is 25.5. The summed E-state index contributed by atoms with van der Waals surface area (Å²) in [5.74, 6) is -1.39. The van der Waals surface area contributed by atoms with Gasteiger partial charge >= 0.3 is 11.9 Å². The number of aromatic nitrogens is 2. The van der Waals surface area contributed by atoms with E-state index in [1.807, 2.05) is 0 Å². The number of aliphatic carboxylic acids is 1. The second kappa shape index (κ2) is 10.1. The summed E-state index contributed by atoms with van der Waals surface area (Å²) in [6.07, 6.45) is 4.01.